The van der Waals surface area contributed by atoms with E-state index in [0.29, 0.717) is 0 Å². The number of urea groups is 1. The van der Waals surface area contributed by atoms with Crippen LogP contribution in [-0.4, -0.2) is 46.2 Å². The standard InChI is InChI=1S/C13H18N2O6/c1-15(7-9-5-6-21-8-9)13(20)14-10(12(18)19)3-2-4-11(16)17/h5-6,8,10H,2-4,7H2,1H3,(H,14,20)(H,16,17)(H,18,19)/t10-/m1/s1. The Morgan fingerprint density at radius 1 is 1.38 bits per heavy atom. The van der Waals surface area contributed by atoms with Crippen molar-refractivity contribution in [3.63, 3.8) is 0 Å². The van der Waals surface area contributed by atoms with Gasteiger partial charge < -0.3 is 24.8 Å². The number of carbonyl (C=O) groups is 3. The van der Waals surface area contributed by atoms with Crippen LogP contribution in [0, 0.1) is 0 Å². The summed E-state index contributed by atoms with van der Waals surface area (Å²) in [6.07, 6.45) is 3.08. The molecule has 0 aliphatic heterocycles. The van der Waals surface area contributed by atoms with E-state index < -0.39 is 24.0 Å². The molecule has 0 saturated heterocycles. The Morgan fingerprint density at radius 2 is 2.10 bits per heavy atom. The van der Waals surface area contributed by atoms with Crippen LogP contribution in [0.5, 0.6) is 0 Å². The van der Waals surface area contributed by atoms with Crippen molar-refractivity contribution < 1.29 is 29.0 Å². The maximum Gasteiger partial charge on any atom is 0.326 e. The van der Waals surface area contributed by atoms with Crippen LogP contribution in [0.15, 0.2) is 23.0 Å². The van der Waals surface area contributed by atoms with Gasteiger partial charge in [-0.05, 0) is 18.9 Å². The van der Waals surface area contributed by atoms with E-state index in [9.17, 15) is 14.4 Å². The molecular weight excluding hydrogens is 280 g/mol. The number of rotatable bonds is 8. The van der Waals surface area contributed by atoms with Crippen LogP contribution in [-0.2, 0) is 16.1 Å². The second-order valence-corrected chi connectivity index (χ2v) is 4.61. The van der Waals surface area contributed by atoms with Crippen molar-refractivity contribution in [2.75, 3.05) is 7.05 Å². The molecule has 1 atom stereocenters. The zero-order chi connectivity index (χ0) is 15.8. The summed E-state index contributed by atoms with van der Waals surface area (Å²) < 4.78 is 4.88. The fourth-order valence-corrected chi connectivity index (χ4v) is 1.70. The zero-order valence-electron chi connectivity index (χ0n) is 11.6. The molecule has 1 heterocycles. The fraction of sp³-hybridized carbons (Fsp3) is 0.462. The number of carbonyl (C=O) groups excluding carboxylic acids is 1. The highest BCUT2D eigenvalue weighted by Crippen LogP contribution is 2.06. The number of carboxylic acids is 2. The number of furan rings is 1. The molecule has 0 aliphatic rings. The third kappa shape index (κ3) is 5.98. The second-order valence-electron chi connectivity index (χ2n) is 4.61. The van der Waals surface area contributed by atoms with Crippen LogP contribution < -0.4 is 5.32 Å². The van der Waals surface area contributed by atoms with E-state index in [1.807, 2.05) is 0 Å². The predicted octanol–water partition coefficient (Wildman–Crippen LogP) is 1.13. The number of carboxylic acid groups (broad SMARTS) is 2. The number of hydrogen-bond donors (Lipinski definition) is 3. The first kappa shape index (κ1) is 16.5. The van der Waals surface area contributed by atoms with Crippen LogP contribution in [0.3, 0.4) is 0 Å². The largest absolute Gasteiger partial charge is 0.481 e. The maximum atomic E-state index is 11.9. The number of nitrogens with one attached hydrogen (secondary N) is 1. The highest BCUT2D eigenvalue weighted by atomic mass is 16.4. The van der Waals surface area contributed by atoms with Gasteiger partial charge >= 0.3 is 18.0 Å². The van der Waals surface area contributed by atoms with Crippen molar-refractivity contribution in [3.8, 4) is 0 Å². The first-order valence-corrected chi connectivity index (χ1v) is 6.37. The Labute approximate surface area is 121 Å². The Bertz CT molecular complexity index is 485. The molecule has 2 amide bonds. The normalized spacial score (nSPS) is 11.7. The topological polar surface area (TPSA) is 120 Å². The van der Waals surface area contributed by atoms with E-state index in [1.165, 1.54) is 24.5 Å². The van der Waals surface area contributed by atoms with Gasteiger partial charge in [0.1, 0.15) is 6.04 Å². The van der Waals surface area contributed by atoms with Crippen LogP contribution in [0.2, 0.25) is 0 Å². The molecule has 1 aromatic heterocycles. The molecule has 0 unspecified atom stereocenters. The molecule has 1 rings (SSSR count). The van der Waals surface area contributed by atoms with Gasteiger partial charge in [-0.25, -0.2) is 9.59 Å². The lowest BCUT2D eigenvalue weighted by molar-refractivity contribution is -0.140. The van der Waals surface area contributed by atoms with Gasteiger partial charge in [0.2, 0.25) is 0 Å². The lowest BCUT2D eigenvalue weighted by atomic mass is 10.1. The number of nitrogens with zero attached hydrogens (tertiary/aromatic N) is 1. The summed E-state index contributed by atoms with van der Waals surface area (Å²) in [7, 11) is 1.53. The van der Waals surface area contributed by atoms with E-state index in [0.717, 1.165) is 5.56 Å². The van der Waals surface area contributed by atoms with E-state index >= 15 is 0 Å². The van der Waals surface area contributed by atoms with Gasteiger partial charge in [-0.15, -0.1) is 0 Å². The average Bonchev–Trinajstić information content (AvgIpc) is 2.89. The molecule has 0 fully saturated rings. The second kappa shape index (κ2) is 7.93. The van der Waals surface area contributed by atoms with Gasteiger partial charge in [-0.2, -0.15) is 0 Å². The molecule has 21 heavy (non-hydrogen) atoms. The van der Waals surface area contributed by atoms with Gasteiger partial charge in [0.15, 0.2) is 0 Å². The first-order chi connectivity index (χ1) is 9.90. The Kier molecular flexibility index (Phi) is 6.25. The minimum Gasteiger partial charge on any atom is -0.481 e. The minimum atomic E-state index is -1.19. The summed E-state index contributed by atoms with van der Waals surface area (Å²) in [5, 5.41) is 19.9. The molecule has 0 spiro atoms. The summed E-state index contributed by atoms with van der Waals surface area (Å²) in [5.41, 5.74) is 0.783. The predicted molar refractivity (Wildman–Crippen MR) is 71.6 cm³/mol. The van der Waals surface area contributed by atoms with Crippen molar-refractivity contribution in [2.24, 2.45) is 0 Å². The number of amides is 2. The lowest BCUT2D eigenvalue weighted by Crippen LogP contribution is -2.46. The van der Waals surface area contributed by atoms with Gasteiger partial charge in [0, 0.05) is 19.0 Å². The quantitative estimate of drug-likeness (QED) is 0.661. The Balaban J connectivity index is 2.47. The summed E-state index contributed by atoms with van der Waals surface area (Å²) in [6, 6.07) is 0.0493. The maximum absolute atomic E-state index is 11.9. The SMILES string of the molecule is CN(Cc1ccoc1)C(=O)N[C@H](CCCC(=O)O)C(=O)O. The summed E-state index contributed by atoms with van der Waals surface area (Å²) in [5.74, 6) is -2.19. The van der Waals surface area contributed by atoms with Crippen LogP contribution >= 0.6 is 0 Å². The van der Waals surface area contributed by atoms with E-state index in [1.54, 1.807) is 6.07 Å². The van der Waals surface area contributed by atoms with E-state index in [-0.39, 0.29) is 25.8 Å². The third-order valence-corrected chi connectivity index (χ3v) is 2.83. The van der Waals surface area contributed by atoms with Gasteiger partial charge in [0.05, 0.1) is 19.1 Å². The van der Waals surface area contributed by atoms with Crippen molar-refractivity contribution in [1.29, 1.82) is 0 Å². The molecule has 8 heteroatoms. The van der Waals surface area contributed by atoms with Crippen molar-refractivity contribution in [1.82, 2.24) is 10.2 Å². The molecular formula is C13H18N2O6. The third-order valence-electron chi connectivity index (χ3n) is 2.83. The molecule has 0 radical (unpaired) electrons. The van der Waals surface area contributed by atoms with E-state index in [4.69, 9.17) is 14.6 Å². The van der Waals surface area contributed by atoms with Crippen LogP contribution in [0.4, 0.5) is 4.79 Å². The smallest absolute Gasteiger partial charge is 0.326 e. The highest BCUT2D eigenvalue weighted by Gasteiger charge is 2.21. The lowest BCUT2D eigenvalue weighted by Gasteiger charge is -2.20. The van der Waals surface area contributed by atoms with Crippen molar-refractivity contribution in [3.05, 3.63) is 24.2 Å². The molecule has 0 bridgehead atoms. The minimum absolute atomic E-state index is 0.0624. The van der Waals surface area contributed by atoms with Crippen molar-refractivity contribution >= 4 is 18.0 Å². The summed E-state index contributed by atoms with van der Waals surface area (Å²) >= 11 is 0. The van der Waals surface area contributed by atoms with Gasteiger partial charge in [-0.1, -0.05) is 0 Å². The molecule has 0 aromatic carbocycles. The van der Waals surface area contributed by atoms with Gasteiger partial charge in [0.25, 0.3) is 0 Å². The molecule has 1 aromatic rings. The highest BCUT2D eigenvalue weighted by molar-refractivity contribution is 5.82. The summed E-state index contributed by atoms with van der Waals surface area (Å²) in [4.78, 5) is 34.7. The Morgan fingerprint density at radius 3 is 2.62 bits per heavy atom. The number of aliphatic carboxylic acids is 2. The first-order valence-electron chi connectivity index (χ1n) is 6.37. The molecule has 0 aliphatic carbocycles. The molecule has 0 saturated carbocycles. The molecule has 3 N–H and O–H groups in total. The Hall–Kier alpha value is -2.51. The molecule has 8 nitrogen and oxygen atoms in total. The summed E-state index contributed by atoms with van der Waals surface area (Å²) in [6.45, 7) is 0.282. The van der Waals surface area contributed by atoms with Crippen LogP contribution in [0.25, 0.3) is 0 Å². The number of hydrogen-bond acceptors (Lipinski definition) is 4. The monoisotopic (exact) mass is 298 g/mol. The van der Waals surface area contributed by atoms with Crippen molar-refractivity contribution in [2.45, 2.75) is 31.8 Å². The average molecular weight is 298 g/mol. The zero-order valence-corrected chi connectivity index (χ0v) is 11.6. The van der Waals surface area contributed by atoms with Crippen LogP contribution in [0.1, 0.15) is 24.8 Å². The fourth-order valence-electron chi connectivity index (χ4n) is 1.70. The molecule has 116 valence electrons. The van der Waals surface area contributed by atoms with Gasteiger partial charge in [-0.3, -0.25) is 4.79 Å². The van der Waals surface area contributed by atoms with E-state index in [2.05, 4.69) is 5.32 Å².